The van der Waals surface area contributed by atoms with Gasteiger partial charge in [0.05, 0.1) is 0 Å². The van der Waals surface area contributed by atoms with E-state index >= 15 is 0 Å². The van der Waals surface area contributed by atoms with E-state index in [0.717, 1.165) is 6.54 Å². The summed E-state index contributed by atoms with van der Waals surface area (Å²) < 4.78 is 0. The topological polar surface area (TPSA) is 14.1 Å². The minimum Gasteiger partial charge on any atom is -0.665 e. The zero-order valence-corrected chi connectivity index (χ0v) is 8.98. The Bertz CT molecular complexity index is 34.5. The molecule has 0 N–H and O–H groups in total. The largest absolute Gasteiger partial charge is 1.00 e. The van der Waals surface area contributed by atoms with Crippen molar-refractivity contribution in [3.05, 3.63) is 5.32 Å². The molecule has 0 aromatic heterocycles. The SMILES string of the molecule is CCCCCC.CC[N-]C.[Li+]. The molecule has 1 nitrogen and oxygen atoms in total. The zero-order valence-electron chi connectivity index (χ0n) is 8.98. The third kappa shape index (κ3) is 37.2. The van der Waals surface area contributed by atoms with E-state index in [2.05, 4.69) is 19.2 Å². The Labute approximate surface area is 84.5 Å². The molecule has 0 fully saturated rings. The van der Waals surface area contributed by atoms with Gasteiger partial charge in [-0.25, -0.2) is 0 Å². The van der Waals surface area contributed by atoms with Gasteiger partial charge in [0, 0.05) is 0 Å². The standard InChI is InChI=1S/C6H14.C3H8N.Li/c1-3-5-6-4-2;1-3-4-2;/h3-6H2,1-2H3;3H2,1-2H3;/q;-1;+1. The van der Waals surface area contributed by atoms with E-state index < -0.39 is 0 Å². The molecule has 0 heterocycles. The van der Waals surface area contributed by atoms with Crippen molar-refractivity contribution in [3.63, 3.8) is 0 Å². The van der Waals surface area contributed by atoms with Gasteiger partial charge < -0.3 is 5.32 Å². The van der Waals surface area contributed by atoms with E-state index in [9.17, 15) is 0 Å². The Kier molecular flexibility index (Phi) is 35.9. The van der Waals surface area contributed by atoms with Gasteiger partial charge >= 0.3 is 18.9 Å². The van der Waals surface area contributed by atoms with Gasteiger partial charge in [-0.15, -0.1) is 0 Å². The average Bonchev–Trinajstić information content (AvgIpc) is 2.01. The molecule has 0 atom stereocenters. The third-order valence-electron chi connectivity index (χ3n) is 1.27. The summed E-state index contributed by atoms with van der Waals surface area (Å²) in [5.74, 6) is 0. The normalized spacial score (nSPS) is 7.64. The molecule has 0 aliphatic carbocycles. The second-order valence-electron chi connectivity index (χ2n) is 2.34. The summed E-state index contributed by atoms with van der Waals surface area (Å²) in [4.78, 5) is 0. The first-order chi connectivity index (χ1) is 4.83. The molecule has 0 aliphatic rings. The van der Waals surface area contributed by atoms with Gasteiger partial charge in [0.25, 0.3) is 0 Å². The van der Waals surface area contributed by atoms with Gasteiger partial charge in [-0.1, -0.05) is 46.5 Å². The molecule has 0 saturated heterocycles. The first-order valence-corrected chi connectivity index (χ1v) is 4.38. The summed E-state index contributed by atoms with van der Waals surface area (Å²) in [6.45, 7) is 7.42. The van der Waals surface area contributed by atoms with Crippen molar-refractivity contribution in [1.29, 1.82) is 0 Å². The molecule has 0 radical (unpaired) electrons. The molecule has 0 bridgehead atoms. The molecule has 2 heteroatoms. The third-order valence-corrected chi connectivity index (χ3v) is 1.27. The van der Waals surface area contributed by atoms with E-state index in [1.54, 1.807) is 7.05 Å². The molecular formula is C9H22LiN. The Morgan fingerprint density at radius 2 is 1.18 bits per heavy atom. The molecule has 0 aromatic rings. The van der Waals surface area contributed by atoms with E-state index in [-0.39, 0.29) is 18.9 Å². The summed E-state index contributed by atoms with van der Waals surface area (Å²) in [6, 6.07) is 0. The van der Waals surface area contributed by atoms with Gasteiger partial charge in [0.1, 0.15) is 0 Å². The quantitative estimate of drug-likeness (QED) is 0.412. The molecule has 0 aliphatic heterocycles. The van der Waals surface area contributed by atoms with Crippen LogP contribution in [0.15, 0.2) is 0 Å². The van der Waals surface area contributed by atoms with Crippen molar-refractivity contribution < 1.29 is 18.9 Å². The first kappa shape index (κ1) is 17.6. The number of hydrogen-bond donors (Lipinski definition) is 0. The molecule has 0 saturated carbocycles. The van der Waals surface area contributed by atoms with E-state index in [1.807, 2.05) is 6.92 Å². The molecule has 0 amide bonds. The van der Waals surface area contributed by atoms with Crippen molar-refractivity contribution in [2.45, 2.75) is 46.5 Å². The average molecular weight is 151 g/mol. The van der Waals surface area contributed by atoms with Crippen LogP contribution in [-0.2, 0) is 0 Å². The number of nitrogens with zero attached hydrogens (tertiary/aromatic N) is 1. The van der Waals surface area contributed by atoms with Gasteiger partial charge in [-0.05, 0) is 0 Å². The maximum atomic E-state index is 3.74. The van der Waals surface area contributed by atoms with Crippen LogP contribution in [0.4, 0.5) is 0 Å². The van der Waals surface area contributed by atoms with Crippen LogP contribution in [0.5, 0.6) is 0 Å². The van der Waals surface area contributed by atoms with E-state index in [4.69, 9.17) is 0 Å². The molecule has 0 rings (SSSR count). The second-order valence-corrected chi connectivity index (χ2v) is 2.34. The fourth-order valence-corrected chi connectivity index (χ4v) is 0.500. The Balaban J connectivity index is -0.000000114. The number of hydrogen-bond acceptors (Lipinski definition) is 0. The van der Waals surface area contributed by atoms with E-state index in [1.165, 1.54) is 25.7 Å². The van der Waals surface area contributed by atoms with Crippen LogP contribution >= 0.6 is 0 Å². The smallest absolute Gasteiger partial charge is 0.665 e. The molecule has 0 aromatic carbocycles. The molecule has 64 valence electrons. The monoisotopic (exact) mass is 151 g/mol. The number of unbranched alkanes of at least 4 members (excludes halogenated alkanes) is 3. The summed E-state index contributed by atoms with van der Waals surface area (Å²) in [7, 11) is 1.81. The molecule has 0 spiro atoms. The van der Waals surface area contributed by atoms with Crippen LogP contribution in [0.25, 0.3) is 5.32 Å². The van der Waals surface area contributed by atoms with Crippen molar-refractivity contribution >= 4 is 0 Å². The fraction of sp³-hybridized carbons (Fsp3) is 1.00. The summed E-state index contributed by atoms with van der Waals surface area (Å²) in [5, 5.41) is 3.74. The van der Waals surface area contributed by atoms with Gasteiger partial charge in [-0.2, -0.15) is 13.6 Å². The van der Waals surface area contributed by atoms with Crippen molar-refractivity contribution in [3.8, 4) is 0 Å². The maximum absolute atomic E-state index is 3.74. The zero-order chi connectivity index (χ0) is 8.24. The molecular weight excluding hydrogens is 129 g/mol. The summed E-state index contributed by atoms with van der Waals surface area (Å²) in [5.41, 5.74) is 0. The van der Waals surface area contributed by atoms with Crippen molar-refractivity contribution in [2.24, 2.45) is 0 Å². The van der Waals surface area contributed by atoms with Crippen LogP contribution in [0.1, 0.15) is 46.5 Å². The Morgan fingerprint density at radius 1 is 0.909 bits per heavy atom. The van der Waals surface area contributed by atoms with Crippen molar-refractivity contribution in [1.82, 2.24) is 0 Å². The first-order valence-electron chi connectivity index (χ1n) is 4.38. The Morgan fingerprint density at radius 3 is 1.27 bits per heavy atom. The van der Waals surface area contributed by atoms with Gasteiger partial charge in [-0.3, -0.25) is 0 Å². The summed E-state index contributed by atoms with van der Waals surface area (Å²) in [6.07, 6.45) is 5.54. The fourth-order valence-electron chi connectivity index (χ4n) is 0.500. The van der Waals surface area contributed by atoms with Crippen molar-refractivity contribution in [2.75, 3.05) is 13.6 Å². The summed E-state index contributed by atoms with van der Waals surface area (Å²) >= 11 is 0. The minimum atomic E-state index is 0. The molecule has 0 unspecified atom stereocenters. The van der Waals surface area contributed by atoms with Crippen LogP contribution in [-0.4, -0.2) is 13.6 Å². The number of rotatable bonds is 4. The van der Waals surface area contributed by atoms with Gasteiger partial charge in [0.2, 0.25) is 0 Å². The predicted octanol–water partition coefficient (Wildman–Crippen LogP) is 0.600. The minimum absolute atomic E-state index is 0. The Hall–Kier alpha value is 0.557. The van der Waals surface area contributed by atoms with Gasteiger partial charge in [0.15, 0.2) is 0 Å². The second kappa shape index (κ2) is 22.4. The predicted molar refractivity (Wildman–Crippen MR) is 49.6 cm³/mol. The molecule has 11 heavy (non-hydrogen) atoms. The van der Waals surface area contributed by atoms with Crippen LogP contribution in [0.2, 0.25) is 0 Å². The van der Waals surface area contributed by atoms with Crippen LogP contribution < -0.4 is 18.9 Å². The van der Waals surface area contributed by atoms with Crippen LogP contribution in [0.3, 0.4) is 0 Å². The van der Waals surface area contributed by atoms with Crippen LogP contribution in [0, 0.1) is 0 Å². The van der Waals surface area contributed by atoms with E-state index in [0.29, 0.717) is 0 Å². The maximum Gasteiger partial charge on any atom is 1.00 e.